The standard InChI is InChI=1S/C17H13F2NO3/c18-17(19)13-3-1-2-4-14(13)20(16(17)23)9-11-5-7-12(8-6-11)15(22)10-21/h1-8,21H,9-10H2. The van der Waals surface area contributed by atoms with E-state index in [0.717, 1.165) is 4.90 Å². The first-order chi connectivity index (χ1) is 10.9. The van der Waals surface area contributed by atoms with Gasteiger partial charge in [0.25, 0.3) is 0 Å². The summed E-state index contributed by atoms with van der Waals surface area (Å²) in [5, 5.41) is 8.80. The number of amides is 1. The number of carbonyl (C=O) groups excluding carboxylic acids is 2. The van der Waals surface area contributed by atoms with Crippen LogP contribution in [0, 0.1) is 0 Å². The number of hydrogen-bond donors (Lipinski definition) is 1. The van der Waals surface area contributed by atoms with Crippen LogP contribution < -0.4 is 4.90 Å². The summed E-state index contributed by atoms with van der Waals surface area (Å²) in [6, 6.07) is 12.0. The second kappa shape index (κ2) is 5.55. The largest absolute Gasteiger partial charge is 0.388 e. The molecule has 4 nitrogen and oxygen atoms in total. The molecule has 0 radical (unpaired) electrons. The van der Waals surface area contributed by atoms with Gasteiger partial charge < -0.3 is 10.0 Å². The molecule has 118 valence electrons. The van der Waals surface area contributed by atoms with Crippen molar-refractivity contribution in [3.63, 3.8) is 0 Å². The molecule has 1 amide bonds. The summed E-state index contributed by atoms with van der Waals surface area (Å²) in [6.07, 6.45) is 0. The van der Waals surface area contributed by atoms with Crippen LogP contribution in [0.2, 0.25) is 0 Å². The minimum Gasteiger partial charge on any atom is -0.388 e. The first-order valence-electron chi connectivity index (χ1n) is 6.97. The SMILES string of the molecule is O=C(CO)c1ccc(CN2C(=O)C(F)(F)c3ccccc32)cc1. The highest BCUT2D eigenvalue weighted by Gasteiger charge is 2.52. The number of benzene rings is 2. The van der Waals surface area contributed by atoms with E-state index in [1.807, 2.05) is 0 Å². The lowest BCUT2D eigenvalue weighted by molar-refractivity contribution is -0.141. The van der Waals surface area contributed by atoms with Crippen LogP contribution in [0.3, 0.4) is 0 Å². The molecular weight excluding hydrogens is 304 g/mol. The number of rotatable bonds is 4. The molecule has 6 heteroatoms. The third-order valence-electron chi connectivity index (χ3n) is 3.81. The zero-order valence-electron chi connectivity index (χ0n) is 12.0. The van der Waals surface area contributed by atoms with E-state index in [2.05, 4.69) is 0 Å². The van der Waals surface area contributed by atoms with Crippen LogP contribution in [-0.4, -0.2) is 23.4 Å². The Labute approximate surface area is 131 Å². The number of alkyl halides is 2. The van der Waals surface area contributed by atoms with Crippen LogP contribution in [0.1, 0.15) is 21.5 Å². The molecule has 3 rings (SSSR count). The molecule has 23 heavy (non-hydrogen) atoms. The Kier molecular flexibility index (Phi) is 3.69. The molecule has 2 aromatic carbocycles. The van der Waals surface area contributed by atoms with E-state index in [4.69, 9.17) is 5.11 Å². The van der Waals surface area contributed by atoms with E-state index >= 15 is 0 Å². The number of para-hydroxylation sites is 1. The number of aliphatic hydroxyl groups excluding tert-OH is 1. The summed E-state index contributed by atoms with van der Waals surface area (Å²) in [5.74, 6) is -5.21. The summed E-state index contributed by atoms with van der Waals surface area (Å²) >= 11 is 0. The lowest BCUT2D eigenvalue weighted by Crippen LogP contribution is -2.34. The molecule has 0 aliphatic carbocycles. The number of aliphatic hydroxyl groups is 1. The van der Waals surface area contributed by atoms with E-state index in [-0.39, 0.29) is 17.8 Å². The zero-order valence-corrected chi connectivity index (χ0v) is 12.0. The molecule has 0 unspecified atom stereocenters. The first kappa shape index (κ1) is 15.3. The van der Waals surface area contributed by atoms with Gasteiger partial charge >= 0.3 is 11.8 Å². The van der Waals surface area contributed by atoms with E-state index in [1.54, 1.807) is 18.2 Å². The number of hydrogen-bond acceptors (Lipinski definition) is 3. The van der Waals surface area contributed by atoms with Gasteiger partial charge in [-0.1, -0.05) is 42.5 Å². The maximum atomic E-state index is 14.0. The normalized spacial score (nSPS) is 15.6. The van der Waals surface area contributed by atoms with E-state index in [1.165, 1.54) is 30.3 Å². The number of anilines is 1. The lowest BCUT2D eigenvalue weighted by atomic mass is 10.1. The monoisotopic (exact) mass is 317 g/mol. The van der Waals surface area contributed by atoms with Crippen LogP contribution in [0.15, 0.2) is 48.5 Å². The minimum atomic E-state index is -3.52. The molecule has 1 aliphatic heterocycles. The van der Waals surface area contributed by atoms with Gasteiger partial charge in [-0.15, -0.1) is 0 Å². The summed E-state index contributed by atoms with van der Waals surface area (Å²) in [6.45, 7) is -0.609. The molecule has 1 N–H and O–H groups in total. The molecular formula is C17H13F2NO3. The highest BCUT2D eigenvalue weighted by Crippen LogP contribution is 2.44. The van der Waals surface area contributed by atoms with E-state index in [9.17, 15) is 18.4 Å². The van der Waals surface area contributed by atoms with Crippen LogP contribution >= 0.6 is 0 Å². The predicted molar refractivity (Wildman–Crippen MR) is 79.4 cm³/mol. The quantitative estimate of drug-likeness (QED) is 0.882. The van der Waals surface area contributed by atoms with Gasteiger partial charge in [0.2, 0.25) is 0 Å². The zero-order chi connectivity index (χ0) is 16.6. The Morgan fingerprint density at radius 1 is 1.09 bits per heavy atom. The van der Waals surface area contributed by atoms with Crippen molar-refractivity contribution in [2.45, 2.75) is 12.5 Å². The van der Waals surface area contributed by atoms with Crippen molar-refractivity contribution in [3.8, 4) is 0 Å². The van der Waals surface area contributed by atoms with Crippen molar-refractivity contribution < 1.29 is 23.5 Å². The van der Waals surface area contributed by atoms with Gasteiger partial charge in [0.15, 0.2) is 5.78 Å². The number of carbonyl (C=O) groups is 2. The van der Waals surface area contributed by atoms with Crippen LogP contribution in [0.5, 0.6) is 0 Å². The van der Waals surface area contributed by atoms with Gasteiger partial charge in [0.1, 0.15) is 6.61 Å². The summed E-state index contributed by atoms with van der Waals surface area (Å²) in [4.78, 5) is 24.4. The van der Waals surface area contributed by atoms with Gasteiger partial charge in [-0.2, -0.15) is 8.78 Å². The Hall–Kier alpha value is -2.60. The summed E-state index contributed by atoms with van der Waals surface area (Å²) in [5.41, 5.74) is 0.838. The van der Waals surface area contributed by atoms with Crippen molar-refractivity contribution in [1.82, 2.24) is 0 Å². The van der Waals surface area contributed by atoms with Gasteiger partial charge in [0.05, 0.1) is 17.8 Å². The number of fused-ring (bicyclic) bond motifs is 1. The predicted octanol–water partition coefficient (Wildman–Crippen LogP) is 2.50. The number of Topliss-reactive ketones (excluding diaryl/α,β-unsaturated/α-hetero) is 1. The summed E-state index contributed by atoms with van der Waals surface area (Å²) in [7, 11) is 0. The third-order valence-corrected chi connectivity index (χ3v) is 3.81. The van der Waals surface area contributed by atoms with Crippen molar-refractivity contribution in [1.29, 1.82) is 0 Å². The van der Waals surface area contributed by atoms with Crippen molar-refractivity contribution in [3.05, 3.63) is 65.2 Å². The smallest absolute Gasteiger partial charge is 0.352 e. The van der Waals surface area contributed by atoms with Gasteiger partial charge in [-0.25, -0.2) is 0 Å². The van der Waals surface area contributed by atoms with Gasteiger partial charge in [-0.3, -0.25) is 9.59 Å². The topological polar surface area (TPSA) is 57.6 Å². The fourth-order valence-electron chi connectivity index (χ4n) is 2.60. The Morgan fingerprint density at radius 3 is 2.39 bits per heavy atom. The molecule has 0 bridgehead atoms. The Balaban J connectivity index is 1.89. The molecule has 0 spiro atoms. The molecule has 0 saturated carbocycles. The highest BCUT2D eigenvalue weighted by atomic mass is 19.3. The fraction of sp³-hybridized carbons (Fsp3) is 0.176. The van der Waals surface area contributed by atoms with Crippen LogP contribution in [0.25, 0.3) is 0 Å². The second-order valence-electron chi connectivity index (χ2n) is 5.26. The lowest BCUT2D eigenvalue weighted by Gasteiger charge is -2.17. The highest BCUT2D eigenvalue weighted by molar-refractivity contribution is 6.05. The molecule has 0 aromatic heterocycles. The van der Waals surface area contributed by atoms with E-state index < -0.39 is 24.2 Å². The molecule has 2 aromatic rings. The Morgan fingerprint density at radius 2 is 1.74 bits per heavy atom. The first-order valence-corrected chi connectivity index (χ1v) is 6.97. The van der Waals surface area contributed by atoms with Gasteiger partial charge in [0, 0.05) is 5.56 Å². The number of nitrogens with zero attached hydrogens (tertiary/aromatic N) is 1. The maximum Gasteiger partial charge on any atom is 0.352 e. The number of ketones is 1. The average Bonchev–Trinajstić information content (AvgIpc) is 2.76. The van der Waals surface area contributed by atoms with Gasteiger partial charge in [-0.05, 0) is 11.6 Å². The third kappa shape index (κ3) is 2.51. The second-order valence-corrected chi connectivity index (χ2v) is 5.26. The van der Waals surface area contributed by atoms with Crippen LogP contribution in [0.4, 0.5) is 14.5 Å². The molecule has 1 heterocycles. The van der Waals surface area contributed by atoms with E-state index in [0.29, 0.717) is 11.1 Å². The van der Waals surface area contributed by atoms with Crippen molar-refractivity contribution in [2.75, 3.05) is 11.5 Å². The van der Waals surface area contributed by atoms with Crippen LogP contribution in [-0.2, 0) is 17.3 Å². The fourth-order valence-corrected chi connectivity index (χ4v) is 2.60. The maximum absolute atomic E-state index is 14.0. The Bertz CT molecular complexity index is 772. The van der Waals surface area contributed by atoms with Crippen molar-refractivity contribution in [2.24, 2.45) is 0 Å². The molecule has 1 aliphatic rings. The average molecular weight is 317 g/mol. The number of halogens is 2. The summed E-state index contributed by atoms with van der Waals surface area (Å²) < 4.78 is 28.1. The minimum absolute atomic E-state index is 0.0148. The molecule has 0 fully saturated rings. The molecule has 0 atom stereocenters. The van der Waals surface area contributed by atoms with Crippen molar-refractivity contribution >= 4 is 17.4 Å². The molecule has 0 saturated heterocycles.